The van der Waals surface area contributed by atoms with Crippen molar-refractivity contribution in [3.05, 3.63) is 23.9 Å². The van der Waals surface area contributed by atoms with Crippen LogP contribution < -0.4 is 5.14 Å². The number of aromatic nitrogens is 1. The lowest BCUT2D eigenvalue weighted by Crippen LogP contribution is -2.31. The highest BCUT2D eigenvalue weighted by atomic mass is 32.2. The van der Waals surface area contributed by atoms with Crippen LogP contribution in [0.15, 0.2) is 23.4 Å². The number of amides is 1. The lowest BCUT2D eigenvalue weighted by Gasteiger charge is -2.17. The Balaban J connectivity index is 2.08. The maximum absolute atomic E-state index is 12.4. The van der Waals surface area contributed by atoms with Crippen LogP contribution in [0.25, 0.3) is 0 Å². The molecule has 0 radical (unpaired) electrons. The molecule has 2 N–H and O–H groups in total. The highest BCUT2D eigenvalue weighted by Gasteiger charge is 2.30. The van der Waals surface area contributed by atoms with Crippen LogP contribution in [0, 0.1) is 5.92 Å². The number of carbonyl (C=O) groups is 1. The van der Waals surface area contributed by atoms with E-state index in [1.165, 1.54) is 11.8 Å². The Hall–Kier alpha value is -1.12. The monoisotopic (exact) mass is 315 g/mol. The predicted molar refractivity (Wildman–Crippen MR) is 78.0 cm³/mol. The van der Waals surface area contributed by atoms with Gasteiger partial charge >= 0.3 is 0 Å². The number of likely N-dealkylation sites (tertiary alicyclic amines) is 1. The molecule has 1 aromatic rings. The van der Waals surface area contributed by atoms with E-state index in [2.05, 4.69) is 4.98 Å². The molecule has 6 nitrogen and oxygen atoms in total. The maximum atomic E-state index is 12.4. The number of sulfonamides is 1. The van der Waals surface area contributed by atoms with Crippen LogP contribution >= 0.6 is 11.8 Å². The van der Waals surface area contributed by atoms with E-state index in [4.69, 9.17) is 5.14 Å². The van der Waals surface area contributed by atoms with E-state index in [0.717, 1.165) is 0 Å². The summed E-state index contributed by atoms with van der Waals surface area (Å²) in [6.07, 6.45) is 4.18. The minimum absolute atomic E-state index is 0.0702. The van der Waals surface area contributed by atoms with E-state index < -0.39 is 10.0 Å². The molecule has 0 aliphatic carbocycles. The first kappa shape index (κ1) is 15.3. The van der Waals surface area contributed by atoms with Crippen LogP contribution in [-0.2, 0) is 10.0 Å². The van der Waals surface area contributed by atoms with Gasteiger partial charge in [0.25, 0.3) is 5.91 Å². The number of nitrogens with zero attached hydrogens (tertiary/aromatic N) is 2. The maximum Gasteiger partial charge on any atom is 0.256 e. The Morgan fingerprint density at radius 3 is 3.00 bits per heavy atom. The highest BCUT2D eigenvalue weighted by molar-refractivity contribution is 7.98. The Morgan fingerprint density at radius 1 is 1.60 bits per heavy atom. The van der Waals surface area contributed by atoms with Gasteiger partial charge in [0.1, 0.15) is 5.03 Å². The Morgan fingerprint density at radius 2 is 2.35 bits per heavy atom. The molecule has 0 spiro atoms. The summed E-state index contributed by atoms with van der Waals surface area (Å²) in [6, 6.07) is 3.47. The quantitative estimate of drug-likeness (QED) is 0.819. The SMILES string of the molecule is CSc1ncccc1C(=O)N1CC[C@H](CS(N)(=O)=O)C1. The Labute approximate surface area is 122 Å². The molecule has 1 aromatic heterocycles. The molecule has 2 heterocycles. The van der Waals surface area contributed by atoms with Gasteiger partial charge in [-0.15, -0.1) is 11.8 Å². The van der Waals surface area contributed by atoms with E-state index >= 15 is 0 Å². The van der Waals surface area contributed by atoms with E-state index in [1.807, 2.05) is 6.26 Å². The predicted octanol–water partition coefficient (Wildman–Crippen LogP) is 0.554. The van der Waals surface area contributed by atoms with Gasteiger partial charge in [0.15, 0.2) is 0 Å². The first-order valence-corrected chi connectivity index (χ1v) is 9.13. The molecule has 0 bridgehead atoms. The third-order valence-corrected chi connectivity index (χ3v) is 4.88. The first-order chi connectivity index (χ1) is 9.40. The number of rotatable bonds is 4. The van der Waals surface area contributed by atoms with E-state index in [0.29, 0.717) is 30.1 Å². The van der Waals surface area contributed by atoms with E-state index in [-0.39, 0.29) is 17.6 Å². The second-order valence-corrected chi connectivity index (χ2v) is 7.25. The van der Waals surface area contributed by atoms with Crippen molar-refractivity contribution in [3.63, 3.8) is 0 Å². The summed E-state index contributed by atoms with van der Waals surface area (Å²) in [5, 5.41) is 5.74. The first-order valence-electron chi connectivity index (χ1n) is 6.19. The standard InChI is InChI=1S/C12H17N3O3S2/c1-19-11-10(3-2-5-14-11)12(16)15-6-4-9(7-15)8-20(13,17)18/h2-3,5,9H,4,6-8H2,1H3,(H2,13,17,18)/t9-/m0/s1. The number of hydrogen-bond acceptors (Lipinski definition) is 5. The van der Waals surface area contributed by atoms with Crippen molar-refractivity contribution in [3.8, 4) is 0 Å². The molecule has 0 unspecified atom stereocenters. The molecule has 1 aliphatic rings. The van der Waals surface area contributed by atoms with Crippen LogP contribution in [0.1, 0.15) is 16.8 Å². The van der Waals surface area contributed by atoms with Crippen molar-refractivity contribution < 1.29 is 13.2 Å². The van der Waals surface area contributed by atoms with Gasteiger partial charge in [0.2, 0.25) is 10.0 Å². The van der Waals surface area contributed by atoms with E-state index in [1.54, 1.807) is 23.2 Å². The number of pyridine rings is 1. The van der Waals surface area contributed by atoms with Gasteiger partial charge < -0.3 is 4.90 Å². The zero-order valence-corrected chi connectivity index (χ0v) is 12.8. The fourth-order valence-corrected chi connectivity index (χ4v) is 3.84. The molecule has 8 heteroatoms. The van der Waals surface area contributed by atoms with Crippen LogP contribution in [0.4, 0.5) is 0 Å². The molecule has 0 saturated carbocycles. The van der Waals surface area contributed by atoms with Gasteiger partial charge in [-0.1, -0.05) is 0 Å². The fourth-order valence-electron chi connectivity index (χ4n) is 2.37. The van der Waals surface area contributed by atoms with Crippen LogP contribution in [0.3, 0.4) is 0 Å². The topological polar surface area (TPSA) is 93.4 Å². The minimum atomic E-state index is -3.49. The summed E-state index contributed by atoms with van der Waals surface area (Å²) in [4.78, 5) is 18.3. The molecule has 20 heavy (non-hydrogen) atoms. The summed E-state index contributed by atoms with van der Waals surface area (Å²) in [7, 11) is -3.49. The van der Waals surface area contributed by atoms with Gasteiger partial charge in [-0.05, 0) is 30.7 Å². The van der Waals surface area contributed by atoms with Crippen LogP contribution in [0.5, 0.6) is 0 Å². The third-order valence-electron chi connectivity index (χ3n) is 3.24. The molecule has 1 saturated heterocycles. The highest BCUT2D eigenvalue weighted by Crippen LogP contribution is 2.23. The number of nitrogens with two attached hydrogens (primary N) is 1. The smallest absolute Gasteiger partial charge is 0.256 e. The van der Waals surface area contributed by atoms with Gasteiger partial charge in [0.05, 0.1) is 11.3 Å². The molecule has 1 aliphatic heterocycles. The van der Waals surface area contributed by atoms with Gasteiger partial charge in [-0.2, -0.15) is 0 Å². The normalized spacial score (nSPS) is 19.3. The van der Waals surface area contributed by atoms with Crippen LogP contribution in [0.2, 0.25) is 0 Å². The average molecular weight is 315 g/mol. The lowest BCUT2D eigenvalue weighted by atomic mass is 10.2. The largest absolute Gasteiger partial charge is 0.338 e. The van der Waals surface area contributed by atoms with Gasteiger partial charge in [-0.25, -0.2) is 18.5 Å². The Bertz CT molecular complexity index is 604. The van der Waals surface area contributed by atoms with Gasteiger partial charge in [-0.3, -0.25) is 4.79 Å². The average Bonchev–Trinajstić information content (AvgIpc) is 2.84. The molecule has 1 atom stereocenters. The zero-order valence-electron chi connectivity index (χ0n) is 11.2. The number of thioether (sulfide) groups is 1. The molecule has 1 fully saturated rings. The molecule has 2 rings (SSSR count). The number of primary sulfonamides is 1. The minimum Gasteiger partial charge on any atom is -0.338 e. The molecule has 110 valence electrons. The molecular formula is C12H17N3O3S2. The van der Waals surface area contributed by atoms with Gasteiger partial charge in [0, 0.05) is 19.3 Å². The summed E-state index contributed by atoms with van der Waals surface area (Å²) < 4.78 is 22.2. The van der Waals surface area contributed by atoms with Crippen molar-refractivity contribution >= 4 is 27.7 Å². The zero-order chi connectivity index (χ0) is 14.8. The second kappa shape index (κ2) is 6.11. The summed E-state index contributed by atoms with van der Waals surface area (Å²) in [5.74, 6) is -0.248. The molecule has 1 amide bonds. The summed E-state index contributed by atoms with van der Waals surface area (Å²) in [6.45, 7) is 0.986. The Kier molecular flexibility index (Phi) is 4.66. The van der Waals surface area contributed by atoms with Crippen molar-refractivity contribution in [1.29, 1.82) is 0 Å². The van der Waals surface area contributed by atoms with E-state index in [9.17, 15) is 13.2 Å². The van der Waals surface area contributed by atoms with Crippen LogP contribution in [-0.4, -0.2) is 49.3 Å². The van der Waals surface area contributed by atoms with Crippen molar-refractivity contribution in [2.45, 2.75) is 11.4 Å². The molecular weight excluding hydrogens is 298 g/mol. The van der Waals surface area contributed by atoms with Crippen molar-refractivity contribution in [2.24, 2.45) is 11.1 Å². The summed E-state index contributed by atoms with van der Waals surface area (Å²) in [5.41, 5.74) is 0.566. The second-order valence-electron chi connectivity index (χ2n) is 4.80. The third kappa shape index (κ3) is 3.71. The van der Waals surface area contributed by atoms with Crippen molar-refractivity contribution in [2.75, 3.05) is 25.1 Å². The summed E-state index contributed by atoms with van der Waals surface area (Å²) >= 11 is 1.42. The molecule has 0 aromatic carbocycles. The number of hydrogen-bond donors (Lipinski definition) is 1. The fraction of sp³-hybridized carbons (Fsp3) is 0.500. The van der Waals surface area contributed by atoms with Crippen molar-refractivity contribution in [1.82, 2.24) is 9.88 Å². The lowest BCUT2D eigenvalue weighted by molar-refractivity contribution is 0.0784. The number of carbonyl (C=O) groups excluding carboxylic acids is 1.